The summed E-state index contributed by atoms with van der Waals surface area (Å²) in [5.74, 6) is 0. The lowest BCUT2D eigenvalue weighted by atomic mass is 10.1. The molecule has 0 atom stereocenters. The number of anilines is 1. The van der Waals surface area contributed by atoms with Crippen molar-refractivity contribution in [1.82, 2.24) is 4.57 Å². The van der Waals surface area contributed by atoms with Crippen molar-refractivity contribution in [3.63, 3.8) is 0 Å². The van der Waals surface area contributed by atoms with Gasteiger partial charge in [-0.15, -0.1) is 0 Å². The molecular weight excluding hydrogens is 236 g/mol. The second-order valence-electron chi connectivity index (χ2n) is 4.91. The van der Waals surface area contributed by atoms with E-state index in [4.69, 9.17) is 5.11 Å². The fourth-order valence-electron chi connectivity index (χ4n) is 2.32. The summed E-state index contributed by atoms with van der Waals surface area (Å²) in [6.45, 7) is 5.44. The van der Waals surface area contributed by atoms with Crippen molar-refractivity contribution >= 4 is 5.69 Å². The molecule has 0 aliphatic carbocycles. The van der Waals surface area contributed by atoms with Gasteiger partial charge in [-0.25, -0.2) is 0 Å². The lowest BCUT2D eigenvalue weighted by Gasteiger charge is -2.10. The minimum absolute atomic E-state index is 0.269. The first kappa shape index (κ1) is 13.7. The Hall–Kier alpha value is -1.74. The molecule has 0 fully saturated rings. The molecule has 0 spiro atoms. The first-order chi connectivity index (χ1) is 9.22. The van der Waals surface area contributed by atoms with Gasteiger partial charge < -0.3 is 15.0 Å². The van der Waals surface area contributed by atoms with Crippen molar-refractivity contribution in [3.8, 4) is 5.69 Å². The zero-order valence-corrected chi connectivity index (χ0v) is 11.7. The molecule has 0 saturated heterocycles. The van der Waals surface area contributed by atoms with Gasteiger partial charge in [0.1, 0.15) is 0 Å². The number of aryl methyl sites for hydroxylation is 2. The fraction of sp³-hybridized carbons (Fsp3) is 0.375. The topological polar surface area (TPSA) is 37.2 Å². The summed E-state index contributed by atoms with van der Waals surface area (Å²) in [7, 11) is 0. The SMILES string of the molecule is Cc1cccc(C)c1-n1ccc(NCCCCO)c1. The molecule has 0 unspecified atom stereocenters. The molecule has 1 aromatic carbocycles. The van der Waals surface area contributed by atoms with Gasteiger partial charge in [0.05, 0.1) is 11.4 Å². The largest absolute Gasteiger partial charge is 0.396 e. The smallest absolute Gasteiger partial charge is 0.0524 e. The van der Waals surface area contributed by atoms with E-state index >= 15 is 0 Å². The third-order valence-electron chi connectivity index (χ3n) is 3.30. The molecule has 0 radical (unpaired) electrons. The van der Waals surface area contributed by atoms with E-state index in [1.807, 2.05) is 0 Å². The highest BCUT2D eigenvalue weighted by Crippen LogP contribution is 2.21. The van der Waals surface area contributed by atoms with Crippen LogP contribution in [0.1, 0.15) is 24.0 Å². The number of unbranched alkanes of at least 4 members (excludes halogenated alkanes) is 1. The highest BCUT2D eigenvalue weighted by Gasteiger charge is 2.05. The second-order valence-corrected chi connectivity index (χ2v) is 4.91. The van der Waals surface area contributed by atoms with E-state index in [1.54, 1.807) is 0 Å². The maximum atomic E-state index is 8.75. The Morgan fingerprint density at radius 3 is 2.53 bits per heavy atom. The van der Waals surface area contributed by atoms with Crippen molar-refractivity contribution in [2.24, 2.45) is 0 Å². The van der Waals surface area contributed by atoms with Crippen LogP contribution < -0.4 is 5.32 Å². The van der Waals surface area contributed by atoms with Crippen molar-refractivity contribution in [2.75, 3.05) is 18.5 Å². The number of rotatable bonds is 6. The molecule has 0 saturated carbocycles. The molecule has 1 heterocycles. The lowest BCUT2D eigenvalue weighted by molar-refractivity contribution is 0.286. The summed E-state index contributed by atoms with van der Waals surface area (Å²) < 4.78 is 2.17. The number of para-hydroxylation sites is 1. The zero-order valence-electron chi connectivity index (χ0n) is 11.7. The molecule has 3 heteroatoms. The third kappa shape index (κ3) is 3.38. The Balaban J connectivity index is 2.08. The summed E-state index contributed by atoms with van der Waals surface area (Å²) >= 11 is 0. The number of hydrogen-bond donors (Lipinski definition) is 2. The van der Waals surface area contributed by atoms with E-state index in [2.05, 4.69) is 60.4 Å². The van der Waals surface area contributed by atoms with Crippen LogP contribution >= 0.6 is 0 Å². The summed E-state index contributed by atoms with van der Waals surface area (Å²) in [4.78, 5) is 0. The van der Waals surface area contributed by atoms with Gasteiger partial charge in [-0.3, -0.25) is 0 Å². The van der Waals surface area contributed by atoms with Crippen LogP contribution in [0, 0.1) is 13.8 Å². The highest BCUT2D eigenvalue weighted by atomic mass is 16.2. The molecule has 0 bridgehead atoms. The van der Waals surface area contributed by atoms with Crippen LogP contribution in [0.15, 0.2) is 36.7 Å². The van der Waals surface area contributed by atoms with Crippen LogP contribution in [0.25, 0.3) is 5.69 Å². The van der Waals surface area contributed by atoms with Crippen LogP contribution in [-0.2, 0) is 0 Å². The van der Waals surface area contributed by atoms with Crippen molar-refractivity contribution in [3.05, 3.63) is 47.8 Å². The Kier molecular flexibility index (Phi) is 4.63. The van der Waals surface area contributed by atoms with Gasteiger partial charge in [0.2, 0.25) is 0 Å². The molecule has 1 aromatic heterocycles. The normalized spacial score (nSPS) is 10.7. The molecular formula is C16H22N2O. The number of nitrogens with one attached hydrogen (secondary N) is 1. The van der Waals surface area contributed by atoms with Crippen molar-refractivity contribution in [2.45, 2.75) is 26.7 Å². The van der Waals surface area contributed by atoms with Gasteiger partial charge >= 0.3 is 0 Å². The van der Waals surface area contributed by atoms with Crippen molar-refractivity contribution in [1.29, 1.82) is 0 Å². The summed E-state index contributed by atoms with van der Waals surface area (Å²) in [5.41, 5.74) is 4.94. The first-order valence-corrected chi connectivity index (χ1v) is 6.81. The molecule has 2 rings (SSSR count). The predicted octanol–water partition coefficient (Wildman–Crippen LogP) is 3.28. The molecule has 2 aromatic rings. The average Bonchev–Trinajstić information content (AvgIpc) is 2.83. The maximum absolute atomic E-state index is 8.75. The molecule has 3 nitrogen and oxygen atoms in total. The minimum Gasteiger partial charge on any atom is -0.396 e. The van der Waals surface area contributed by atoms with Gasteiger partial charge in [0.15, 0.2) is 0 Å². The van der Waals surface area contributed by atoms with Gasteiger partial charge in [-0.1, -0.05) is 18.2 Å². The molecule has 102 valence electrons. The van der Waals surface area contributed by atoms with E-state index in [-0.39, 0.29) is 6.61 Å². The van der Waals surface area contributed by atoms with E-state index in [9.17, 15) is 0 Å². The fourth-order valence-corrected chi connectivity index (χ4v) is 2.32. The predicted molar refractivity (Wildman–Crippen MR) is 80.1 cm³/mol. The highest BCUT2D eigenvalue weighted by molar-refractivity contribution is 5.51. The van der Waals surface area contributed by atoms with E-state index in [0.29, 0.717) is 0 Å². The van der Waals surface area contributed by atoms with E-state index in [0.717, 1.165) is 25.1 Å². The van der Waals surface area contributed by atoms with E-state index in [1.165, 1.54) is 16.8 Å². The zero-order chi connectivity index (χ0) is 13.7. The lowest BCUT2D eigenvalue weighted by Crippen LogP contribution is -2.02. The van der Waals surface area contributed by atoms with Crippen LogP contribution in [0.4, 0.5) is 5.69 Å². The second kappa shape index (κ2) is 6.43. The van der Waals surface area contributed by atoms with Gasteiger partial charge in [0.25, 0.3) is 0 Å². The van der Waals surface area contributed by atoms with Crippen LogP contribution in [0.3, 0.4) is 0 Å². The third-order valence-corrected chi connectivity index (χ3v) is 3.30. The maximum Gasteiger partial charge on any atom is 0.0524 e. The monoisotopic (exact) mass is 258 g/mol. The number of benzene rings is 1. The van der Waals surface area contributed by atoms with Gasteiger partial charge in [0, 0.05) is 25.5 Å². The molecule has 2 N–H and O–H groups in total. The van der Waals surface area contributed by atoms with E-state index < -0.39 is 0 Å². The number of nitrogens with zero attached hydrogens (tertiary/aromatic N) is 1. The van der Waals surface area contributed by atoms with Gasteiger partial charge in [-0.05, 0) is 43.9 Å². The molecule has 0 aliphatic heterocycles. The Morgan fingerprint density at radius 2 is 1.84 bits per heavy atom. The number of aliphatic hydroxyl groups excluding tert-OH is 1. The quantitative estimate of drug-likeness (QED) is 0.780. The Bertz CT molecular complexity index is 511. The number of aliphatic hydroxyl groups is 1. The Labute approximate surface area is 114 Å². The Morgan fingerprint density at radius 1 is 1.11 bits per heavy atom. The summed E-state index contributed by atoms with van der Waals surface area (Å²) in [6, 6.07) is 8.45. The van der Waals surface area contributed by atoms with Crippen LogP contribution in [-0.4, -0.2) is 22.8 Å². The molecule has 0 amide bonds. The standard InChI is InChI=1S/C16H22N2O/c1-13-6-5-7-14(2)16(13)18-10-8-15(12-18)17-9-3-4-11-19/h5-8,10,12,17,19H,3-4,9,11H2,1-2H3. The summed E-state index contributed by atoms with van der Waals surface area (Å²) in [6.07, 6.45) is 6.05. The van der Waals surface area contributed by atoms with Crippen LogP contribution in [0.5, 0.6) is 0 Å². The number of hydrogen-bond acceptors (Lipinski definition) is 2. The molecule has 19 heavy (non-hydrogen) atoms. The van der Waals surface area contributed by atoms with Crippen LogP contribution in [0.2, 0.25) is 0 Å². The van der Waals surface area contributed by atoms with Gasteiger partial charge in [-0.2, -0.15) is 0 Å². The number of aromatic nitrogens is 1. The first-order valence-electron chi connectivity index (χ1n) is 6.81. The summed E-state index contributed by atoms with van der Waals surface area (Å²) in [5, 5.41) is 12.1. The average molecular weight is 258 g/mol. The minimum atomic E-state index is 0.269. The molecule has 0 aliphatic rings. The van der Waals surface area contributed by atoms with Crippen molar-refractivity contribution < 1.29 is 5.11 Å².